The van der Waals surface area contributed by atoms with Gasteiger partial charge < -0.3 is 9.13 Å². The molecule has 23 heavy (non-hydrogen) atoms. The predicted octanol–water partition coefficient (Wildman–Crippen LogP) is 3.98. The average Bonchev–Trinajstić information content (AvgIpc) is 3.00. The maximum Gasteiger partial charge on any atom is 0.214 e. The minimum absolute atomic E-state index is 0.890. The van der Waals surface area contributed by atoms with Gasteiger partial charge in [-0.2, -0.15) is 0 Å². The molecule has 0 fully saturated rings. The number of hydrogen-bond acceptors (Lipinski definition) is 1. The van der Waals surface area contributed by atoms with Gasteiger partial charge in [0.05, 0.1) is 5.52 Å². The first kappa shape index (κ1) is 13.6. The third-order valence-corrected chi connectivity index (χ3v) is 4.19. The summed E-state index contributed by atoms with van der Waals surface area (Å²) in [4.78, 5) is 4.51. The van der Waals surface area contributed by atoms with Gasteiger partial charge in [0.1, 0.15) is 0 Å². The number of aryl methyl sites for hydroxylation is 2. The highest BCUT2D eigenvalue weighted by atomic mass is 15.2. The van der Waals surface area contributed by atoms with Gasteiger partial charge in [-0.1, -0.05) is 36.4 Å². The molecule has 114 valence electrons. The van der Waals surface area contributed by atoms with E-state index in [-0.39, 0.29) is 0 Å². The second-order valence-electron chi connectivity index (χ2n) is 5.65. The number of imidazole rings is 1. The summed E-state index contributed by atoms with van der Waals surface area (Å²) >= 11 is 0. The zero-order valence-corrected chi connectivity index (χ0v) is 13.2. The minimum atomic E-state index is 0.890. The molecule has 0 aliphatic rings. The molecule has 0 spiro atoms. The molecule has 0 aliphatic heterocycles. The maximum atomic E-state index is 4.51. The summed E-state index contributed by atoms with van der Waals surface area (Å²) in [7, 11) is 4.08. The first-order valence-electron chi connectivity index (χ1n) is 7.62. The minimum Gasteiger partial charge on any atom is -0.349 e. The Morgan fingerprint density at radius 3 is 2.04 bits per heavy atom. The van der Waals surface area contributed by atoms with Crippen molar-refractivity contribution in [3.63, 3.8) is 0 Å². The van der Waals surface area contributed by atoms with Crippen LogP contribution >= 0.6 is 0 Å². The number of hydrogen-bond donors (Lipinski definition) is 0. The number of aromatic nitrogens is 4. The summed E-state index contributed by atoms with van der Waals surface area (Å²) in [5.74, 6) is 0.890. The van der Waals surface area contributed by atoms with Gasteiger partial charge in [-0.05, 0) is 12.1 Å². The molecule has 0 atom stereocenters. The van der Waals surface area contributed by atoms with Crippen LogP contribution in [0.1, 0.15) is 0 Å². The third kappa shape index (κ3) is 2.19. The summed E-state index contributed by atoms with van der Waals surface area (Å²) in [5.41, 5.74) is 2.31. The lowest BCUT2D eigenvalue weighted by Crippen LogP contribution is -2.04. The fourth-order valence-corrected chi connectivity index (χ4v) is 3.01. The molecule has 4 rings (SSSR count). The van der Waals surface area contributed by atoms with Crippen LogP contribution in [0.5, 0.6) is 0 Å². The van der Waals surface area contributed by atoms with Crippen molar-refractivity contribution in [3.8, 4) is 5.95 Å². The molecule has 0 saturated carbocycles. The highest BCUT2D eigenvalue weighted by Gasteiger charge is 2.06. The average molecular weight is 302 g/mol. The quantitative estimate of drug-likeness (QED) is 0.522. The number of rotatable bonds is 1. The van der Waals surface area contributed by atoms with Gasteiger partial charge in [0, 0.05) is 55.2 Å². The monoisotopic (exact) mass is 302 g/mol. The van der Waals surface area contributed by atoms with E-state index in [0.29, 0.717) is 0 Å². The van der Waals surface area contributed by atoms with Crippen LogP contribution in [0.25, 0.3) is 27.8 Å². The van der Waals surface area contributed by atoms with Gasteiger partial charge in [0.2, 0.25) is 5.95 Å². The van der Waals surface area contributed by atoms with Crippen LogP contribution < -0.4 is 0 Å². The van der Waals surface area contributed by atoms with Gasteiger partial charge in [-0.3, -0.25) is 4.57 Å². The zero-order valence-electron chi connectivity index (χ0n) is 13.2. The lowest BCUT2D eigenvalue weighted by atomic mass is 10.1. The molecule has 0 amide bonds. The van der Waals surface area contributed by atoms with Crippen LogP contribution in [0.4, 0.5) is 0 Å². The molecular weight excluding hydrogens is 284 g/mol. The summed E-state index contributed by atoms with van der Waals surface area (Å²) in [6.07, 6.45) is 7.92. The van der Waals surface area contributed by atoms with E-state index in [2.05, 4.69) is 82.1 Å². The summed E-state index contributed by atoms with van der Waals surface area (Å²) in [5, 5.41) is 2.41. The first-order valence-corrected chi connectivity index (χ1v) is 7.62. The van der Waals surface area contributed by atoms with E-state index in [1.807, 2.05) is 24.0 Å². The zero-order chi connectivity index (χ0) is 15.8. The van der Waals surface area contributed by atoms with E-state index in [1.54, 1.807) is 0 Å². The van der Waals surface area contributed by atoms with Crippen LogP contribution in [-0.4, -0.2) is 18.7 Å². The van der Waals surface area contributed by atoms with E-state index < -0.39 is 0 Å². The van der Waals surface area contributed by atoms with Crippen LogP contribution in [0.3, 0.4) is 0 Å². The smallest absolute Gasteiger partial charge is 0.214 e. The highest BCUT2D eigenvalue weighted by Crippen LogP contribution is 2.23. The van der Waals surface area contributed by atoms with Crippen LogP contribution in [0, 0.1) is 0 Å². The van der Waals surface area contributed by atoms with Gasteiger partial charge in [-0.15, -0.1) is 0 Å². The predicted molar refractivity (Wildman–Crippen MR) is 94.1 cm³/mol. The first-order chi connectivity index (χ1) is 11.3. The second-order valence-corrected chi connectivity index (χ2v) is 5.65. The number of para-hydroxylation sites is 2. The lowest BCUT2D eigenvalue weighted by molar-refractivity contribution is 0.824. The Hall–Kier alpha value is -3.01. The second kappa shape index (κ2) is 5.32. The van der Waals surface area contributed by atoms with E-state index in [4.69, 9.17) is 0 Å². The van der Waals surface area contributed by atoms with E-state index in [1.165, 1.54) is 16.3 Å². The van der Waals surface area contributed by atoms with Crippen molar-refractivity contribution in [3.05, 3.63) is 73.3 Å². The molecule has 2 heterocycles. The molecule has 0 unspecified atom stereocenters. The SMILES string of the molecule is Cn1ccnc1-n1ccn(C)c2ccccc2c2ccccc21. The van der Waals surface area contributed by atoms with E-state index in [0.717, 1.165) is 11.5 Å². The topological polar surface area (TPSA) is 27.7 Å². The van der Waals surface area contributed by atoms with Crippen LogP contribution in [0.2, 0.25) is 0 Å². The highest BCUT2D eigenvalue weighted by molar-refractivity contribution is 6.03. The van der Waals surface area contributed by atoms with Gasteiger partial charge in [-0.25, -0.2) is 4.98 Å². The Morgan fingerprint density at radius 2 is 1.35 bits per heavy atom. The normalized spacial score (nSPS) is 11.0. The summed E-state index contributed by atoms with van der Waals surface area (Å²) in [6, 6.07) is 16.9. The van der Waals surface area contributed by atoms with Gasteiger partial charge >= 0.3 is 0 Å². The molecule has 0 N–H and O–H groups in total. The molecule has 2 aromatic carbocycles. The summed E-state index contributed by atoms with van der Waals surface area (Å²) in [6.45, 7) is 0. The van der Waals surface area contributed by atoms with Crippen molar-refractivity contribution in [2.24, 2.45) is 14.1 Å². The largest absolute Gasteiger partial charge is 0.349 e. The standard InChI is InChI=1S/C19H18N4/c1-21-13-14-23(19-20-11-12-22(19)2)18-10-6-4-8-16(18)15-7-3-5-9-17(15)21/h3-14H,1-2H3. The maximum absolute atomic E-state index is 4.51. The Labute approximate surface area is 134 Å². The molecule has 4 heteroatoms. The molecule has 0 saturated heterocycles. The molecule has 0 radical (unpaired) electrons. The molecule has 2 aromatic heterocycles. The Morgan fingerprint density at radius 1 is 0.696 bits per heavy atom. The van der Waals surface area contributed by atoms with Crippen molar-refractivity contribution in [1.82, 2.24) is 18.7 Å². The lowest BCUT2D eigenvalue weighted by Gasteiger charge is -2.12. The molecule has 0 aliphatic carbocycles. The molecule has 4 nitrogen and oxygen atoms in total. The molecule has 0 bridgehead atoms. The Kier molecular flexibility index (Phi) is 3.15. The fourth-order valence-electron chi connectivity index (χ4n) is 3.01. The van der Waals surface area contributed by atoms with E-state index in [9.17, 15) is 0 Å². The van der Waals surface area contributed by atoms with Crippen molar-refractivity contribution in [2.45, 2.75) is 0 Å². The molecule has 4 aromatic rings. The van der Waals surface area contributed by atoms with Crippen LogP contribution in [-0.2, 0) is 14.1 Å². The van der Waals surface area contributed by atoms with Gasteiger partial charge in [0.15, 0.2) is 0 Å². The fraction of sp³-hybridized carbons (Fsp3) is 0.105. The van der Waals surface area contributed by atoms with Crippen molar-refractivity contribution in [1.29, 1.82) is 0 Å². The number of fused-ring (bicyclic) bond motifs is 3. The van der Waals surface area contributed by atoms with Crippen molar-refractivity contribution in [2.75, 3.05) is 0 Å². The third-order valence-electron chi connectivity index (χ3n) is 4.19. The number of nitrogens with zero attached hydrogens (tertiary/aromatic N) is 4. The van der Waals surface area contributed by atoms with Crippen molar-refractivity contribution >= 4 is 21.8 Å². The van der Waals surface area contributed by atoms with Crippen LogP contribution in [0.15, 0.2) is 73.3 Å². The van der Waals surface area contributed by atoms with Gasteiger partial charge in [0.25, 0.3) is 0 Å². The Balaban J connectivity index is 2.27. The van der Waals surface area contributed by atoms with Crippen molar-refractivity contribution < 1.29 is 0 Å². The van der Waals surface area contributed by atoms with E-state index >= 15 is 0 Å². The molecular formula is C19H18N4. The number of benzene rings is 2. The summed E-state index contributed by atoms with van der Waals surface area (Å²) < 4.78 is 6.29. The Bertz CT molecular complexity index is 1050.